The number of nitrogens with zero attached hydrogens (tertiary/aromatic N) is 4. The van der Waals surface area contributed by atoms with E-state index in [0.29, 0.717) is 28.3 Å². The molecular weight excluding hydrogens is 419 g/mol. The molecule has 33 heavy (non-hydrogen) atoms. The molecule has 0 fully saturated rings. The van der Waals surface area contributed by atoms with E-state index in [-0.39, 0.29) is 5.82 Å². The molecular formula is C25H17FN6O. The van der Waals surface area contributed by atoms with E-state index in [9.17, 15) is 4.39 Å². The quantitative estimate of drug-likeness (QED) is 0.387. The summed E-state index contributed by atoms with van der Waals surface area (Å²) >= 11 is 0. The number of ether oxygens (including phenoxy) is 1. The third kappa shape index (κ3) is 3.20. The van der Waals surface area contributed by atoms with E-state index in [1.807, 2.05) is 36.4 Å². The van der Waals surface area contributed by atoms with Crippen molar-refractivity contribution in [3.8, 4) is 39.7 Å². The Balaban J connectivity index is 1.50. The van der Waals surface area contributed by atoms with Crippen LogP contribution in [-0.2, 0) is 0 Å². The molecule has 0 atom stereocenters. The number of methoxy groups -OCH3 is 1. The summed E-state index contributed by atoms with van der Waals surface area (Å²) in [5.41, 5.74) is 5.70. The normalized spacial score (nSPS) is 11.3. The third-order valence-corrected chi connectivity index (χ3v) is 5.59. The van der Waals surface area contributed by atoms with Gasteiger partial charge in [-0.1, -0.05) is 30.3 Å². The van der Waals surface area contributed by atoms with Crippen molar-refractivity contribution in [2.24, 2.45) is 0 Å². The van der Waals surface area contributed by atoms with Gasteiger partial charge in [0.2, 0.25) is 0 Å². The minimum atomic E-state index is -0.289. The van der Waals surface area contributed by atoms with Crippen LogP contribution in [0.15, 0.2) is 73.2 Å². The van der Waals surface area contributed by atoms with E-state index in [1.54, 1.807) is 37.8 Å². The second-order valence-corrected chi connectivity index (χ2v) is 7.57. The van der Waals surface area contributed by atoms with Crippen LogP contribution in [0, 0.1) is 5.82 Å². The maximum absolute atomic E-state index is 14.5. The van der Waals surface area contributed by atoms with Gasteiger partial charge in [0.25, 0.3) is 0 Å². The first kappa shape index (κ1) is 19.1. The largest absolute Gasteiger partial charge is 0.495 e. The number of para-hydroxylation sites is 1. The molecule has 6 aromatic rings. The zero-order valence-electron chi connectivity index (χ0n) is 17.5. The van der Waals surface area contributed by atoms with Crippen LogP contribution in [0.5, 0.6) is 5.75 Å². The molecule has 0 unspecified atom stereocenters. The fraction of sp³-hybridized carbons (Fsp3) is 0.0400. The highest BCUT2D eigenvalue weighted by molar-refractivity contribution is 5.97. The van der Waals surface area contributed by atoms with Gasteiger partial charge in [-0.3, -0.25) is 15.1 Å². The molecule has 0 saturated heterocycles. The van der Waals surface area contributed by atoms with Crippen LogP contribution < -0.4 is 4.74 Å². The average Bonchev–Trinajstić information content (AvgIpc) is 3.48. The summed E-state index contributed by atoms with van der Waals surface area (Å²) in [7, 11) is 1.60. The van der Waals surface area contributed by atoms with Gasteiger partial charge in [-0.2, -0.15) is 5.10 Å². The van der Waals surface area contributed by atoms with Gasteiger partial charge in [0.15, 0.2) is 5.82 Å². The number of imidazole rings is 1. The lowest BCUT2D eigenvalue weighted by Crippen LogP contribution is -1.89. The molecule has 0 spiro atoms. The number of fused-ring (bicyclic) bond motifs is 2. The Hall–Kier alpha value is -4.59. The van der Waals surface area contributed by atoms with E-state index in [4.69, 9.17) is 9.72 Å². The van der Waals surface area contributed by atoms with Gasteiger partial charge in [-0.15, -0.1) is 0 Å². The third-order valence-electron chi connectivity index (χ3n) is 5.59. The second kappa shape index (κ2) is 7.52. The minimum Gasteiger partial charge on any atom is -0.495 e. The van der Waals surface area contributed by atoms with Crippen molar-refractivity contribution in [2.45, 2.75) is 0 Å². The first-order chi connectivity index (χ1) is 16.2. The zero-order chi connectivity index (χ0) is 22.4. The van der Waals surface area contributed by atoms with E-state index in [2.05, 4.69) is 25.1 Å². The smallest absolute Gasteiger partial charge is 0.159 e. The van der Waals surface area contributed by atoms with Crippen molar-refractivity contribution in [1.29, 1.82) is 0 Å². The first-order valence-electron chi connectivity index (χ1n) is 10.3. The van der Waals surface area contributed by atoms with Gasteiger partial charge in [0, 0.05) is 28.3 Å². The number of aromatic nitrogens is 6. The average molecular weight is 436 g/mol. The maximum atomic E-state index is 14.5. The lowest BCUT2D eigenvalue weighted by Gasteiger charge is -2.04. The number of halogens is 1. The fourth-order valence-electron chi connectivity index (χ4n) is 3.97. The number of benzene rings is 2. The van der Waals surface area contributed by atoms with Gasteiger partial charge in [0.05, 0.1) is 41.7 Å². The molecule has 0 saturated carbocycles. The standard InChI is InChI=1S/C25H17FN6O/c1-33-15-9-14(11-27-12-15)21-10-18-22(13-28-21)31-32-24(18)25-29-20-8-4-6-17(23(20)30-25)16-5-2-3-7-19(16)26/h2-13H,1H3,(H,29,30)(H,31,32). The van der Waals surface area contributed by atoms with Crippen LogP contribution in [0.3, 0.4) is 0 Å². The first-order valence-corrected chi connectivity index (χ1v) is 10.3. The molecule has 160 valence electrons. The summed E-state index contributed by atoms with van der Waals surface area (Å²) in [6, 6.07) is 16.2. The highest BCUT2D eigenvalue weighted by Gasteiger charge is 2.17. The highest BCUT2D eigenvalue weighted by atomic mass is 19.1. The molecule has 0 aliphatic heterocycles. The molecule has 4 heterocycles. The van der Waals surface area contributed by atoms with Crippen molar-refractivity contribution in [2.75, 3.05) is 7.11 Å². The van der Waals surface area contributed by atoms with Crippen LogP contribution in [0.25, 0.3) is 55.8 Å². The second-order valence-electron chi connectivity index (χ2n) is 7.57. The summed E-state index contributed by atoms with van der Waals surface area (Å²) in [5.74, 6) is 0.947. The van der Waals surface area contributed by atoms with Crippen LogP contribution in [0.4, 0.5) is 4.39 Å². The van der Waals surface area contributed by atoms with E-state index in [1.165, 1.54) is 6.07 Å². The van der Waals surface area contributed by atoms with Gasteiger partial charge in [-0.05, 0) is 24.3 Å². The van der Waals surface area contributed by atoms with Crippen molar-refractivity contribution in [3.63, 3.8) is 0 Å². The van der Waals surface area contributed by atoms with Crippen molar-refractivity contribution < 1.29 is 9.13 Å². The Labute approximate surface area is 187 Å². The molecule has 2 N–H and O–H groups in total. The Morgan fingerprint density at radius 3 is 2.67 bits per heavy atom. The number of nitrogens with one attached hydrogen (secondary N) is 2. The van der Waals surface area contributed by atoms with E-state index >= 15 is 0 Å². The Kier molecular flexibility index (Phi) is 4.36. The highest BCUT2D eigenvalue weighted by Crippen LogP contribution is 2.33. The Morgan fingerprint density at radius 1 is 0.909 bits per heavy atom. The van der Waals surface area contributed by atoms with E-state index < -0.39 is 0 Å². The van der Waals surface area contributed by atoms with Crippen LogP contribution in [-0.4, -0.2) is 37.2 Å². The minimum absolute atomic E-state index is 0.289. The summed E-state index contributed by atoms with van der Waals surface area (Å²) < 4.78 is 19.8. The lowest BCUT2D eigenvalue weighted by atomic mass is 10.0. The number of aromatic amines is 2. The summed E-state index contributed by atoms with van der Waals surface area (Å²) in [6.07, 6.45) is 5.11. The molecule has 0 amide bonds. The van der Waals surface area contributed by atoms with Gasteiger partial charge < -0.3 is 9.72 Å². The predicted molar refractivity (Wildman–Crippen MR) is 124 cm³/mol. The number of pyridine rings is 2. The van der Waals surface area contributed by atoms with E-state index in [0.717, 1.165) is 33.2 Å². The molecule has 2 aromatic carbocycles. The zero-order valence-corrected chi connectivity index (χ0v) is 17.5. The Morgan fingerprint density at radius 2 is 1.79 bits per heavy atom. The molecule has 8 heteroatoms. The number of hydrogen-bond donors (Lipinski definition) is 2. The topological polar surface area (TPSA) is 92.4 Å². The van der Waals surface area contributed by atoms with Crippen molar-refractivity contribution >= 4 is 21.9 Å². The van der Waals surface area contributed by atoms with Gasteiger partial charge in [-0.25, -0.2) is 9.37 Å². The molecule has 4 aromatic heterocycles. The lowest BCUT2D eigenvalue weighted by molar-refractivity contribution is 0.413. The van der Waals surface area contributed by atoms with Gasteiger partial charge >= 0.3 is 0 Å². The van der Waals surface area contributed by atoms with Crippen molar-refractivity contribution in [1.82, 2.24) is 30.1 Å². The molecule has 7 nitrogen and oxygen atoms in total. The van der Waals surface area contributed by atoms with Crippen LogP contribution in [0.2, 0.25) is 0 Å². The molecule has 0 aliphatic rings. The predicted octanol–water partition coefficient (Wildman–Crippen LogP) is 5.38. The number of rotatable bonds is 4. The van der Waals surface area contributed by atoms with Crippen LogP contribution in [0.1, 0.15) is 0 Å². The number of hydrogen-bond acceptors (Lipinski definition) is 5. The SMILES string of the molecule is COc1cncc(-c2cc3c(-c4nc5c(-c6ccccc6F)cccc5[nH]4)n[nH]c3cn2)c1. The molecule has 0 bridgehead atoms. The van der Waals surface area contributed by atoms with Crippen molar-refractivity contribution in [3.05, 3.63) is 79.0 Å². The number of H-pyrrole nitrogens is 2. The molecule has 0 radical (unpaired) electrons. The fourth-order valence-corrected chi connectivity index (χ4v) is 3.97. The molecule has 6 rings (SSSR count). The monoisotopic (exact) mass is 436 g/mol. The Bertz CT molecular complexity index is 1640. The van der Waals surface area contributed by atoms with Crippen LogP contribution >= 0.6 is 0 Å². The maximum Gasteiger partial charge on any atom is 0.159 e. The molecule has 0 aliphatic carbocycles. The summed E-state index contributed by atoms with van der Waals surface area (Å²) in [4.78, 5) is 16.9. The van der Waals surface area contributed by atoms with Gasteiger partial charge in [0.1, 0.15) is 17.3 Å². The summed E-state index contributed by atoms with van der Waals surface area (Å²) in [6.45, 7) is 0. The summed E-state index contributed by atoms with van der Waals surface area (Å²) in [5, 5.41) is 8.35.